The van der Waals surface area contributed by atoms with Crippen LogP contribution in [0, 0.1) is 0 Å². The van der Waals surface area contributed by atoms with Crippen LogP contribution in [0.3, 0.4) is 0 Å². The van der Waals surface area contributed by atoms with E-state index in [1.807, 2.05) is 30.3 Å². The van der Waals surface area contributed by atoms with Crippen LogP contribution in [0.25, 0.3) is 0 Å². The molecule has 0 unspecified atom stereocenters. The fourth-order valence-corrected chi connectivity index (χ4v) is 3.27. The normalized spacial score (nSPS) is 15.0. The second-order valence-electron chi connectivity index (χ2n) is 6.12. The number of benzene rings is 2. The first-order chi connectivity index (χ1) is 12.2. The van der Waals surface area contributed by atoms with E-state index in [0.29, 0.717) is 5.56 Å². The van der Waals surface area contributed by atoms with Gasteiger partial charge < -0.3 is 14.4 Å². The summed E-state index contributed by atoms with van der Waals surface area (Å²) >= 11 is 0. The van der Waals surface area contributed by atoms with Gasteiger partial charge in [0.05, 0.1) is 19.9 Å². The van der Waals surface area contributed by atoms with Crippen molar-refractivity contribution in [1.29, 1.82) is 0 Å². The highest BCUT2D eigenvalue weighted by Crippen LogP contribution is 2.29. The van der Waals surface area contributed by atoms with Crippen molar-refractivity contribution >= 4 is 12.0 Å². The van der Waals surface area contributed by atoms with Gasteiger partial charge in [0.25, 0.3) is 0 Å². The van der Waals surface area contributed by atoms with Crippen LogP contribution < -0.4 is 14.4 Å². The fraction of sp³-hybridized carbons (Fsp3) is 0.350. The summed E-state index contributed by atoms with van der Waals surface area (Å²) in [6.07, 6.45) is 0.878. The molecular formula is C20H24N2O3. The number of nitrogens with zero attached hydrogens (tertiary/aromatic N) is 2. The molecule has 0 saturated carbocycles. The van der Waals surface area contributed by atoms with Crippen LogP contribution in [0.4, 0.5) is 5.69 Å². The van der Waals surface area contributed by atoms with E-state index in [2.05, 4.69) is 15.9 Å². The molecular weight excluding hydrogens is 316 g/mol. The maximum atomic E-state index is 11.0. The standard InChI is InChI=1S/C20H24N2O3/c1-24-19-8-7-16(15-23)13-17(19)14-21-9-11-22(12-10-21)18-5-3-4-6-20(18)25-2/h3-8,13,15H,9-12,14H2,1-2H3. The van der Waals surface area contributed by atoms with Gasteiger partial charge in [-0.25, -0.2) is 0 Å². The fourth-order valence-electron chi connectivity index (χ4n) is 3.27. The summed E-state index contributed by atoms with van der Waals surface area (Å²) in [4.78, 5) is 15.8. The molecule has 0 atom stereocenters. The maximum Gasteiger partial charge on any atom is 0.150 e. The van der Waals surface area contributed by atoms with Crippen molar-refractivity contribution in [3.8, 4) is 11.5 Å². The second kappa shape index (κ2) is 8.03. The topological polar surface area (TPSA) is 42.0 Å². The van der Waals surface area contributed by atoms with Crippen LogP contribution in [0.2, 0.25) is 0 Å². The van der Waals surface area contributed by atoms with Gasteiger partial charge in [0.2, 0.25) is 0 Å². The van der Waals surface area contributed by atoms with Crippen LogP contribution in [-0.4, -0.2) is 51.6 Å². The van der Waals surface area contributed by atoms with Gasteiger partial charge in [0.15, 0.2) is 0 Å². The number of rotatable bonds is 6. The van der Waals surface area contributed by atoms with Crippen LogP contribution in [-0.2, 0) is 6.54 Å². The minimum atomic E-state index is 0.684. The molecule has 2 aromatic rings. The monoisotopic (exact) mass is 340 g/mol. The minimum absolute atomic E-state index is 0.684. The Morgan fingerprint density at radius 1 is 0.960 bits per heavy atom. The molecule has 5 nitrogen and oxygen atoms in total. The molecule has 1 heterocycles. The van der Waals surface area contributed by atoms with Gasteiger partial charge in [-0.1, -0.05) is 12.1 Å². The van der Waals surface area contributed by atoms with Gasteiger partial charge >= 0.3 is 0 Å². The highest BCUT2D eigenvalue weighted by atomic mass is 16.5. The molecule has 1 aliphatic rings. The van der Waals surface area contributed by atoms with E-state index < -0.39 is 0 Å². The van der Waals surface area contributed by atoms with Crippen LogP contribution in [0.15, 0.2) is 42.5 Å². The van der Waals surface area contributed by atoms with Crippen molar-refractivity contribution in [3.05, 3.63) is 53.6 Å². The third-order valence-electron chi connectivity index (χ3n) is 4.63. The molecule has 0 radical (unpaired) electrons. The summed E-state index contributed by atoms with van der Waals surface area (Å²) in [5.41, 5.74) is 2.88. The zero-order valence-electron chi connectivity index (χ0n) is 14.8. The first-order valence-corrected chi connectivity index (χ1v) is 8.47. The van der Waals surface area contributed by atoms with Crippen LogP contribution in [0.5, 0.6) is 11.5 Å². The van der Waals surface area contributed by atoms with Crippen molar-refractivity contribution in [1.82, 2.24) is 4.90 Å². The van der Waals surface area contributed by atoms with Gasteiger partial charge in [-0.3, -0.25) is 9.69 Å². The molecule has 0 aromatic heterocycles. The second-order valence-corrected chi connectivity index (χ2v) is 6.12. The average molecular weight is 340 g/mol. The zero-order chi connectivity index (χ0) is 17.6. The predicted octanol–water partition coefficient (Wildman–Crippen LogP) is 2.84. The summed E-state index contributed by atoms with van der Waals surface area (Å²) in [5, 5.41) is 0. The first kappa shape index (κ1) is 17.3. The number of carbonyl (C=O) groups excluding carboxylic acids is 1. The smallest absolute Gasteiger partial charge is 0.150 e. The number of piperazine rings is 1. The van der Waals surface area contributed by atoms with E-state index in [9.17, 15) is 4.79 Å². The number of aldehydes is 1. The van der Waals surface area contributed by atoms with Crippen molar-refractivity contribution in [2.45, 2.75) is 6.54 Å². The van der Waals surface area contributed by atoms with Crippen molar-refractivity contribution in [2.24, 2.45) is 0 Å². The number of carbonyl (C=O) groups is 1. The third kappa shape index (κ3) is 3.94. The highest BCUT2D eigenvalue weighted by molar-refractivity contribution is 5.75. The molecule has 2 aromatic carbocycles. The minimum Gasteiger partial charge on any atom is -0.496 e. The Balaban J connectivity index is 1.66. The van der Waals surface area contributed by atoms with Crippen molar-refractivity contribution in [2.75, 3.05) is 45.3 Å². The Bertz CT molecular complexity index is 725. The number of hydrogen-bond donors (Lipinski definition) is 0. The van der Waals surface area contributed by atoms with Gasteiger partial charge in [-0.05, 0) is 30.3 Å². The summed E-state index contributed by atoms with van der Waals surface area (Å²) < 4.78 is 10.9. The summed E-state index contributed by atoms with van der Waals surface area (Å²) in [5.74, 6) is 1.74. The molecule has 25 heavy (non-hydrogen) atoms. The lowest BCUT2D eigenvalue weighted by molar-refractivity contribution is 0.112. The Kier molecular flexibility index (Phi) is 5.56. The lowest BCUT2D eigenvalue weighted by atomic mass is 10.1. The van der Waals surface area contributed by atoms with Crippen LogP contribution >= 0.6 is 0 Å². The van der Waals surface area contributed by atoms with E-state index >= 15 is 0 Å². The van der Waals surface area contributed by atoms with E-state index in [0.717, 1.165) is 61.8 Å². The first-order valence-electron chi connectivity index (χ1n) is 8.47. The summed E-state index contributed by atoms with van der Waals surface area (Å²) in [6.45, 7) is 4.57. The zero-order valence-corrected chi connectivity index (χ0v) is 14.8. The molecule has 0 spiro atoms. The van der Waals surface area contributed by atoms with Gasteiger partial charge in [-0.15, -0.1) is 0 Å². The number of ether oxygens (including phenoxy) is 2. The Hall–Kier alpha value is -2.53. The molecule has 0 aliphatic carbocycles. The Morgan fingerprint density at radius 2 is 1.68 bits per heavy atom. The van der Waals surface area contributed by atoms with Gasteiger partial charge in [-0.2, -0.15) is 0 Å². The predicted molar refractivity (Wildman–Crippen MR) is 98.9 cm³/mol. The van der Waals surface area contributed by atoms with Crippen molar-refractivity contribution in [3.63, 3.8) is 0 Å². The molecule has 0 amide bonds. The molecule has 1 saturated heterocycles. The molecule has 0 bridgehead atoms. The van der Waals surface area contributed by atoms with Gasteiger partial charge in [0.1, 0.15) is 17.8 Å². The summed E-state index contributed by atoms with van der Waals surface area (Å²) in [7, 11) is 3.38. The molecule has 1 aliphatic heterocycles. The molecule has 3 rings (SSSR count). The average Bonchev–Trinajstić information content (AvgIpc) is 2.68. The van der Waals surface area contributed by atoms with E-state index in [1.54, 1.807) is 20.3 Å². The highest BCUT2D eigenvalue weighted by Gasteiger charge is 2.20. The molecule has 0 N–H and O–H groups in total. The van der Waals surface area contributed by atoms with E-state index in [4.69, 9.17) is 9.47 Å². The number of anilines is 1. The Morgan fingerprint density at radius 3 is 2.36 bits per heavy atom. The third-order valence-corrected chi connectivity index (χ3v) is 4.63. The molecule has 1 fully saturated rings. The largest absolute Gasteiger partial charge is 0.496 e. The Labute approximate surface area is 148 Å². The SMILES string of the molecule is COc1ccc(C=O)cc1CN1CCN(c2ccccc2OC)CC1. The molecule has 5 heteroatoms. The van der Waals surface area contributed by atoms with E-state index in [1.165, 1.54) is 0 Å². The van der Waals surface area contributed by atoms with Crippen LogP contribution in [0.1, 0.15) is 15.9 Å². The lowest BCUT2D eigenvalue weighted by Crippen LogP contribution is -2.46. The quantitative estimate of drug-likeness (QED) is 0.757. The number of methoxy groups -OCH3 is 2. The summed E-state index contributed by atoms with van der Waals surface area (Å²) in [6, 6.07) is 13.7. The number of hydrogen-bond acceptors (Lipinski definition) is 5. The molecule has 132 valence electrons. The van der Waals surface area contributed by atoms with Crippen molar-refractivity contribution < 1.29 is 14.3 Å². The lowest BCUT2D eigenvalue weighted by Gasteiger charge is -2.36. The number of para-hydroxylation sites is 2. The van der Waals surface area contributed by atoms with E-state index in [-0.39, 0.29) is 0 Å². The maximum absolute atomic E-state index is 11.0. The van der Waals surface area contributed by atoms with Gasteiger partial charge in [0, 0.05) is 43.9 Å².